The molecule has 0 unspecified atom stereocenters. The summed E-state index contributed by atoms with van der Waals surface area (Å²) in [5.74, 6) is 0.560. The molecule has 0 saturated heterocycles. The molecule has 4 aromatic rings. The fraction of sp³-hybridized carbons (Fsp3) is 0.240. The summed E-state index contributed by atoms with van der Waals surface area (Å²) < 4.78 is 2.37. The zero-order valence-corrected chi connectivity index (χ0v) is 18.9. The molecule has 7 heteroatoms. The van der Waals surface area contributed by atoms with E-state index in [1.165, 1.54) is 24.2 Å². The predicted octanol–water partition coefficient (Wildman–Crippen LogP) is 5.37. The Morgan fingerprint density at radius 1 is 1.22 bits per heavy atom. The van der Waals surface area contributed by atoms with Crippen LogP contribution in [-0.2, 0) is 5.75 Å². The first-order valence-electron chi connectivity index (χ1n) is 10.8. The molecule has 1 aliphatic rings. The van der Waals surface area contributed by atoms with Crippen molar-refractivity contribution in [2.75, 3.05) is 0 Å². The lowest BCUT2D eigenvalue weighted by Gasteiger charge is -2.06. The number of fused-ring (bicyclic) bond motifs is 1. The molecule has 2 heterocycles. The lowest BCUT2D eigenvalue weighted by molar-refractivity contribution is 0.0955. The van der Waals surface area contributed by atoms with E-state index in [0.29, 0.717) is 11.6 Å². The second-order valence-corrected chi connectivity index (χ2v) is 9.14. The third-order valence-electron chi connectivity index (χ3n) is 5.76. The van der Waals surface area contributed by atoms with Crippen LogP contribution in [0.25, 0.3) is 11.0 Å². The Bertz CT molecular complexity index is 1260. The average Bonchev–Trinajstić information content (AvgIpc) is 3.47. The van der Waals surface area contributed by atoms with E-state index in [0.717, 1.165) is 33.1 Å². The molecule has 0 atom stereocenters. The lowest BCUT2D eigenvalue weighted by Crippen LogP contribution is -2.17. The third kappa shape index (κ3) is 4.34. The molecular formula is C25H25N5OS. The van der Waals surface area contributed by atoms with Crippen LogP contribution in [0.3, 0.4) is 0 Å². The smallest absolute Gasteiger partial charge is 0.271 e. The zero-order valence-electron chi connectivity index (χ0n) is 18.1. The maximum absolute atomic E-state index is 12.4. The minimum absolute atomic E-state index is 0.214. The number of nitrogens with one attached hydrogen (secondary N) is 2. The monoisotopic (exact) mass is 443 g/mol. The van der Waals surface area contributed by atoms with E-state index in [9.17, 15) is 4.79 Å². The topological polar surface area (TPSA) is 75.1 Å². The number of aryl methyl sites for hydroxylation is 1. The van der Waals surface area contributed by atoms with Crippen LogP contribution >= 0.6 is 11.8 Å². The number of carbonyl (C=O) groups is 1. The van der Waals surface area contributed by atoms with Crippen molar-refractivity contribution in [1.29, 1.82) is 0 Å². The zero-order chi connectivity index (χ0) is 22.1. The van der Waals surface area contributed by atoms with E-state index in [-0.39, 0.29) is 5.91 Å². The van der Waals surface area contributed by atoms with Crippen molar-refractivity contribution in [3.05, 3.63) is 82.7 Å². The normalized spacial score (nSPS) is 13.8. The van der Waals surface area contributed by atoms with Crippen LogP contribution in [0.4, 0.5) is 0 Å². The molecule has 2 aromatic carbocycles. The highest BCUT2D eigenvalue weighted by Crippen LogP contribution is 2.38. The van der Waals surface area contributed by atoms with Crippen LogP contribution in [0, 0.1) is 13.8 Å². The Morgan fingerprint density at radius 3 is 2.75 bits per heavy atom. The van der Waals surface area contributed by atoms with Gasteiger partial charge in [0.25, 0.3) is 5.91 Å². The van der Waals surface area contributed by atoms with E-state index in [2.05, 4.69) is 45.0 Å². The SMILES string of the molecule is Cc1cc(/C=N/NC(=O)c2ccc(CSc3nc4ccccc4[nH]3)cc2)c(C)n1C1CC1. The van der Waals surface area contributed by atoms with Gasteiger partial charge in [0.2, 0.25) is 0 Å². The molecule has 162 valence electrons. The standard InChI is InChI=1S/C25H25N5OS/c1-16-13-20(17(2)30(16)21-11-12-21)14-26-29-24(31)19-9-7-18(8-10-19)15-32-25-27-22-5-3-4-6-23(22)28-25/h3-10,13-14,21H,11-12,15H2,1-2H3,(H,27,28)(H,29,31)/b26-14+. The molecule has 2 N–H and O–H groups in total. The fourth-order valence-corrected chi connectivity index (χ4v) is 4.80. The Hall–Kier alpha value is -3.32. The number of para-hydroxylation sites is 2. The molecule has 0 aliphatic heterocycles. The molecule has 0 bridgehead atoms. The van der Waals surface area contributed by atoms with Crippen LogP contribution in [0.15, 0.2) is 64.9 Å². The molecule has 5 rings (SSSR count). The van der Waals surface area contributed by atoms with Crippen LogP contribution < -0.4 is 5.43 Å². The van der Waals surface area contributed by atoms with E-state index in [1.54, 1.807) is 18.0 Å². The summed E-state index contributed by atoms with van der Waals surface area (Å²) in [5.41, 5.74) is 9.86. The van der Waals surface area contributed by atoms with E-state index >= 15 is 0 Å². The van der Waals surface area contributed by atoms with Gasteiger partial charge in [-0.2, -0.15) is 5.10 Å². The number of nitrogens with zero attached hydrogens (tertiary/aromatic N) is 3. The molecule has 2 aromatic heterocycles. The second-order valence-electron chi connectivity index (χ2n) is 8.17. The van der Waals surface area contributed by atoms with E-state index < -0.39 is 0 Å². The first-order chi connectivity index (χ1) is 15.6. The number of hydrazone groups is 1. The number of aromatic nitrogens is 3. The Labute approximate surface area is 191 Å². The number of benzene rings is 2. The van der Waals surface area contributed by atoms with Gasteiger partial charge in [0.05, 0.1) is 17.2 Å². The molecule has 0 radical (unpaired) electrons. The van der Waals surface area contributed by atoms with Crippen molar-refractivity contribution in [3.63, 3.8) is 0 Å². The molecule has 1 fully saturated rings. The minimum Gasteiger partial charge on any atom is -0.345 e. The van der Waals surface area contributed by atoms with E-state index in [1.807, 2.05) is 48.5 Å². The number of imidazole rings is 1. The molecule has 0 spiro atoms. The van der Waals surface area contributed by atoms with Crippen molar-refractivity contribution in [1.82, 2.24) is 20.0 Å². The Kier molecular flexibility index (Phi) is 5.57. The number of thioether (sulfide) groups is 1. The fourth-order valence-electron chi connectivity index (χ4n) is 3.95. The molecule has 1 amide bonds. The number of aromatic amines is 1. The maximum atomic E-state index is 12.4. The summed E-state index contributed by atoms with van der Waals surface area (Å²) in [5, 5.41) is 5.07. The van der Waals surface area contributed by atoms with Gasteiger partial charge in [-0.15, -0.1) is 0 Å². The van der Waals surface area contributed by atoms with E-state index in [4.69, 9.17) is 0 Å². The van der Waals surface area contributed by atoms with Gasteiger partial charge in [-0.3, -0.25) is 4.79 Å². The van der Waals surface area contributed by atoms with Crippen LogP contribution in [0.2, 0.25) is 0 Å². The summed E-state index contributed by atoms with van der Waals surface area (Å²) in [7, 11) is 0. The number of rotatable bonds is 7. The minimum atomic E-state index is -0.214. The highest BCUT2D eigenvalue weighted by atomic mass is 32.2. The van der Waals surface area contributed by atoms with Crippen LogP contribution in [-0.4, -0.2) is 26.7 Å². The molecule has 1 aliphatic carbocycles. The first kappa shape index (κ1) is 20.6. The van der Waals surface area contributed by atoms with Gasteiger partial charge in [-0.1, -0.05) is 36.0 Å². The van der Waals surface area contributed by atoms with Gasteiger partial charge in [0, 0.05) is 34.3 Å². The number of amides is 1. The Morgan fingerprint density at radius 2 is 2.00 bits per heavy atom. The van der Waals surface area contributed by atoms with Gasteiger partial charge < -0.3 is 9.55 Å². The van der Waals surface area contributed by atoms with Gasteiger partial charge in [0.1, 0.15) is 0 Å². The molecule has 32 heavy (non-hydrogen) atoms. The number of carbonyl (C=O) groups excluding carboxylic acids is 1. The lowest BCUT2D eigenvalue weighted by atomic mass is 10.1. The van der Waals surface area contributed by atoms with Crippen LogP contribution in [0.1, 0.15) is 51.8 Å². The summed E-state index contributed by atoms with van der Waals surface area (Å²) >= 11 is 1.64. The highest BCUT2D eigenvalue weighted by Gasteiger charge is 2.26. The van der Waals surface area contributed by atoms with Crippen LogP contribution in [0.5, 0.6) is 0 Å². The number of hydrogen-bond donors (Lipinski definition) is 2. The number of hydrogen-bond acceptors (Lipinski definition) is 4. The third-order valence-corrected chi connectivity index (χ3v) is 6.71. The first-order valence-corrected chi connectivity index (χ1v) is 11.8. The summed E-state index contributed by atoms with van der Waals surface area (Å²) in [4.78, 5) is 20.4. The van der Waals surface area contributed by atoms with Crippen molar-refractivity contribution in [2.24, 2.45) is 5.10 Å². The van der Waals surface area contributed by atoms with Gasteiger partial charge in [-0.25, -0.2) is 10.4 Å². The molecule has 6 nitrogen and oxygen atoms in total. The Balaban J connectivity index is 1.17. The predicted molar refractivity (Wildman–Crippen MR) is 129 cm³/mol. The highest BCUT2D eigenvalue weighted by molar-refractivity contribution is 7.98. The largest absolute Gasteiger partial charge is 0.345 e. The summed E-state index contributed by atoms with van der Waals surface area (Å²) in [6, 6.07) is 18.4. The molecular weight excluding hydrogens is 418 g/mol. The van der Waals surface area contributed by atoms with Gasteiger partial charge in [-0.05, 0) is 62.6 Å². The van der Waals surface area contributed by atoms with Crippen molar-refractivity contribution >= 4 is 34.9 Å². The van der Waals surface area contributed by atoms with Crippen molar-refractivity contribution in [3.8, 4) is 0 Å². The average molecular weight is 444 g/mol. The van der Waals surface area contributed by atoms with Gasteiger partial charge >= 0.3 is 0 Å². The maximum Gasteiger partial charge on any atom is 0.271 e. The summed E-state index contributed by atoms with van der Waals surface area (Å²) in [6.45, 7) is 4.23. The molecule has 1 saturated carbocycles. The second kappa shape index (κ2) is 8.67. The summed E-state index contributed by atoms with van der Waals surface area (Å²) in [6.07, 6.45) is 4.23. The van der Waals surface area contributed by atoms with Gasteiger partial charge in [0.15, 0.2) is 5.16 Å². The number of H-pyrrole nitrogens is 1. The van der Waals surface area contributed by atoms with Crippen molar-refractivity contribution in [2.45, 2.75) is 43.6 Å². The quantitative estimate of drug-likeness (QED) is 0.229. The van der Waals surface area contributed by atoms with Crippen molar-refractivity contribution < 1.29 is 4.79 Å².